The number of piperidine rings is 1. The van der Waals surface area contributed by atoms with Gasteiger partial charge in [-0.25, -0.2) is 0 Å². The number of rotatable bonds is 5. The van der Waals surface area contributed by atoms with E-state index in [1.54, 1.807) is 6.26 Å². The van der Waals surface area contributed by atoms with Gasteiger partial charge in [0.15, 0.2) is 0 Å². The van der Waals surface area contributed by atoms with Gasteiger partial charge in [-0.2, -0.15) is 0 Å². The molecule has 1 aromatic heterocycles. The molecule has 22 heavy (non-hydrogen) atoms. The molecule has 3 heterocycles. The second-order valence-corrected chi connectivity index (χ2v) is 6.03. The van der Waals surface area contributed by atoms with Crippen LogP contribution < -0.4 is 10.6 Å². The van der Waals surface area contributed by atoms with Crippen molar-refractivity contribution in [3.63, 3.8) is 0 Å². The van der Waals surface area contributed by atoms with E-state index in [0.29, 0.717) is 19.4 Å². The van der Waals surface area contributed by atoms with Gasteiger partial charge in [0, 0.05) is 13.0 Å². The zero-order chi connectivity index (χ0) is 15.4. The lowest BCUT2D eigenvalue weighted by molar-refractivity contribution is -0.126. The first-order valence-electron chi connectivity index (χ1n) is 8.08. The number of likely N-dealkylation sites (tertiary alicyclic amines) is 1. The third kappa shape index (κ3) is 3.50. The molecule has 0 unspecified atom stereocenters. The number of amides is 2. The zero-order valence-electron chi connectivity index (χ0n) is 12.7. The van der Waals surface area contributed by atoms with Crippen molar-refractivity contribution in [3.05, 3.63) is 24.2 Å². The summed E-state index contributed by atoms with van der Waals surface area (Å²) in [7, 11) is 0. The highest BCUT2D eigenvalue weighted by Crippen LogP contribution is 2.24. The number of nitrogens with zero attached hydrogens (tertiary/aromatic N) is 1. The maximum atomic E-state index is 12.2. The quantitative estimate of drug-likeness (QED) is 0.857. The molecule has 2 aliphatic heterocycles. The summed E-state index contributed by atoms with van der Waals surface area (Å²) in [6.45, 7) is 2.57. The van der Waals surface area contributed by atoms with Crippen LogP contribution in [0.5, 0.6) is 0 Å². The van der Waals surface area contributed by atoms with E-state index in [-0.39, 0.29) is 23.9 Å². The SMILES string of the molecule is O=C1CC[C@@H](C(=O)NC[C@H](c2ccco2)N2CCCCC2)N1. The number of nitrogens with one attached hydrogen (secondary N) is 2. The molecule has 0 aliphatic carbocycles. The summed E-state index contributed by atoms with van der Waals surface area (Å²) < 4.78 is 5.56. The summed E-state index contributed by atoms with van der Waals surface area (Å²) in [4.78, 5) is 25.8. The lowest BCUT2D eigenvalue weighted by Gasteiger charge is -2.33. The molecule has 2 saturated heterocycles. The third-order valence-corrected chi connectivity index (χ3v) is 4.48. The Hall–Kier alpha value is -1.82. The van der Waals surface area contributed by atoms with Crippen molar-refractivity contribution in [2.75, 3.05) is 19.6 Å². The topological polar surface area (TPSA) is 74.6 Å². The van der Waals surface area contributed by atoms with E-state index in [2.05, 4.69) is 15.5 Å². The van der Waals surface area contributed by atoms with Crippen LogP contribution in [-0.2, 0) is 9.59 Å². The van der Waals surface area contributed by atoms with Crippen LogP contribution in [0.2, 0.25) is 0 Å². The van der Waals surface area contributed by atoms with Crippen molar-refractivity contribution in [1.82, 2.24) is 15.5 Å². The molecular formula is C16H23N3O3. The van der Waals surface area contributed by atoms with E-state index in [0.717, 1.165) is 18.8 Å². The highest BCUT2D eigenvalue weighted by molar-refractivity contribution is 5.90. The summed E-state index contributed by atoms with van der Waals surface area (Å²) in [6.07, 6.45) is 6.33. The van der Waals surface area contributed by atoms with E-state index in [1.807, 2.05) is 12.1 Å². The first kappa shape index (κ1) is 15.1. The molecule has 120 valence electrons. The Labute approximate surface area is 130 Å². The predicted molar refractivity (Wildman–Crippen MR) is 81.0 cm³/mol. The van der Waals surface area contributed by atoms with Crippen molar-refractivity contribution < 1.29 is 14.0 Å². The smallest absolute Gasteiger partial charge is 0.242 e. The molecule has 0 bridgehead atoms. The summed E-state index contributed by atoms with van der Waals surface area (Å²) in [6, 6.07) is 3.52. The van der Waals surface area contributed by atoms with Crippen LogP contribution in [0.15, 0.2) is 22.8 Å². The Balaban J connectivity index is 1.60. The van der Waals surface area contributed by atoms with Gasteiger partial charge in [-0.1, -0.05) is 6.42 Å². The van der Waals surface area contributed by atoms with Crippen molar-refractivity contribution in [2.24, 2.45) is 0 Å². The second-order valence-electron chi connectivity index (χ2n) is 6.03. The number of carbonyl (C=O) groups excluding carboxylic acids is 2. The molecule has 0 spiro atoms. The number of furan rings is 1. The number of carbonyl (C=O) groups is 2. The lowest BCUT2D eigenvalue weighted by atomic mass is 10.1. The monoisotopic (exact) mass is 305 g/mol. The van der Waals surface area contributed by atoms with Gasteiger partial charge in [0.05, 0.1) is 12.3 Å². The largest absolute Gasteiger partial charge is 0.468 e. The van der Waals surface area contributed by atoms with Crippen LogP contribution in [0.3, 0.4) is 0 Å². The van der Waals surface area contributed by atoms with Crippen LogP contribution in [0.1, 0.15) is 43.9 Å². The molecule has 6 nitrogen and oxygen atoms in total. The molecule has 3 rings (SSSR count). The molecule has 0 saturated carbocycles. The fourth-order valence-electron chi connectivity index (χ4n) is 3.25. The molecular weight excluding hydrogens is 282 g/mol. The Morgan fingerprint density at radius 2 is 2.23 bits per heavy atom. The van der Waals surface area contributed by atoms with Crippen LogP contribution in [0.25, 0.3) is 0 Å². The summed E-state index contributed by atoms with van der Waals surface area (Å²) in [5, 5.41) is 5.68. The van der Waals surface area contributed by atoms with Crippen molar-refractivity contribution in [3.8, 4) is 0 Å². The molecule has 0 aromatic carbocycles. The van der Waals surface area contributed by atoms with E-state index in [1.165, 1.54) is 19.3 Å². The van der Waals surface area contributed by atoms with Gasteiger partial charge in [-0.3, -0.25) is 14.5 Å². The highest BCUT2D eigenvalue weighted by Gasteiger charge is 2.29. The first-order chi connectivity index (χ1) is 10.7. The molecule has 2 amide bonds. The van der Waals surface area contributed by atoms with Crippen molar-refractivity contribution in [1.29, 1.82) is 0 Å². The minimum absolute atomic E-state index is 0.0428. The third-order valence-electron chi connectivity index (χ3n) is 4.48. The predicted octanol–water partition coefficient (Wildman–Crippen LogP) is 1.20. The van der Waals surface area contributed by atoms with Gasteiger partial charge in [0.1, 0.15) is 11.8 Å². The maximum Gasteiger partial charge on any atom is 0.242 e. The summed E-state index contributed by atoms with van der Waals surface area (Å²) in [5.74, 6) is 0.746. The Morgan fingerprint density at radius 3 is 2.86 bits per heavy atom. The zero-order valence-corrected chi connectivity index (χ0v) is 12.7. The van der Waals surface area contributed by atoms with Crippen LogP contribution >= 0.6 is 0 Å². The van der Waals surface area contributed by atoms with Crippen LogP contribution in [0.4, 0.5) is 0 Å². The minimum Gasteiger partial charge on any atom is -0.468 e. The average molecular weight is 305 g/mol. The Kier molecular flexibility index (Phi) is 4.77. The van der Waals surface area contributed by atoms with Gasteiger partial charge in [-0.05, 0) is 44.5 Å². The van der Waals surface area contributed by atoms with Crippen LogP contribution in [0, 0.1) is 0 Å². The van der Waals surface area contributed by atoms with E-state index in [9.17, 15) is 9.59 Å². The Bertz CT molecular complexity index is 509. The normalized spacial score (nSPS) is 24.0. The highest BCUT2D eigenvalue weighted by atomic mass is 16.3. The standard InChI is InChI=1S/C16H23N3O3/c20-15-7-6-12(18-15)16(21)17-11-13(14-5-4-10-22-14)19-8-2-1-3-9-19/h4-5,10,12-13H,1-3,6-9,11H2,(H,17,21)(H,18,20)/t12-,13+/m0/s1. The van der Waals surface area contributed by atoms with Crippen molar-refractivity contribution in [2.45, 2.75) is 44.2 Å². The maximum absolute atomic E-state index is 12.2. The molecule has 6 heteroatoms. The molecule has 2 N–H and O–H groups in total. The average Bonchev–Trinajstić information content (AvgIpc) is 3.20. The first-order valence-corrected chi connectivity index (χ1v) is 8.08. The molecule has 2 fully saturated rings. The fraction of sp³-hybridized carbons (Fsp3) is 0.625. The lowest BCUT2D eigenvalue weighted by Crippen LogP contribution is -2.46. The second kappa shape index (κ2) is 6.96. The summed E-state index contributed by atoms with van der Waals surface area (Å²) in [5.41, 5.74) is 0. The Morgan fingerprint density at radius 1 is 1.41 bits per heavy atom. The van der Waals surface area contributed by atoms with Gasteiger partial charge in [0.25, 0.3) is 0 Å². The van der Waals surface area contributed by atoms with Crippen LogP contribution in [-0.4, -0.2) is 42.4 Å². The van der Waals surface area contributed by atoms with E-state index in [4.69, 9.17) is 4.42 Å². The van der Waals surface area contributed by atoms with Crippen molar-refractivity contribution >= 4 is 11.8 Å². The van der Waals surface area contributed by atoms with E-state index >= 15 is 0 Å². The summed E-state index contributed by atoms with van der Waals surface area (Å²) >= 11 is 0. The number of hydrogen-bond acceptors (Lipinski definition) is 4. The molecule has 2 aliphatic rings. The van der Waals surface area contributed by atoms with Gasteiger partial charge in [-0.15, -0.1) is 0 Å². The minimum atomic E-state index is -0.383. The van der Waals surface area contributed by atoms with Gasteiger partial charge >= 0.3 is 0 Å². The number of hydrogen-bond donors (Lipinski definition) is 2. The van der Waals surface area contributed by atoms with E-state index < -0.39 is 0 Å². The molecule has 2 atom stereocenters. The van der Waals surface area contributed by atoms with Gasteiger partial charge < -0.3 is 15.1 Å². The van der Waals surface area contributed by atoms with Gasteiger partial charge in [0.2, 0.25) is 11.8 Å². The molecule has 0 radical (unpaired) electrons. The molecule has 1 aromatic rings. The fourth-order valence-corrected chi connectivity index (χ4v) is 3.25.